The first-order valence-corrected chi connectivity index (χ1v) is 10.4. The van der Waals surface area contributed by atoms with Gasteiger partial charge in [-0.15, -0.1) is 0 Å². The molecule has 4 rings (SSSR count). The normalized spacial score (nSPS) is 13.2. The third-order valence-corrected chi connectivity index (χ3v) is 5.43. The molecule has 0 saturated carbocycles. The van der Waals surface area contributed by atoms with Crippen LogP contribution in [0.25, 0.3) is 11.3 Å². The summed E-state index contributed by atoms with van der Waals surface area (Å²) in [6.07, 6.45) is 0.514. The fourth-order valence-electron chi connectivity index (χ4n) is 3.64. The van der Waals surface area contributed by atoms with Crippen LogP contribution >= 0.6 is 0 Å². The minimum absolute atomic E-state index is 0.0728. The lowest BCUT2D eigenvalue weighted by atomic mass is 10.1. The van der Waals surface area contributed by atoms with E-state index < -0.39 is 18.6 Å². The Morgan fingerprint density at radius 1 is 1.32 bits per heavy atom. The van der Waals surface area contributed by atoms with E-state index in [0.29, 0.717) is 33.9 Å². The lowest BCUT2D eigenvalue weighted by Gasteiger charge is -2.16. The molecule has 1 aliphatic rings. The zero-order valence-electron chi connectivity index (χ0n) is 19.0. The monoisotopic (exact) mass is 468 g/mol. The number of rotatable bonds is 7. The summed E-state index contributed by atoms with van der Waals surface area (Å²) in [7, 11) is 1.37. The SMILES string of the molecule is COc1ncc(-c2cc(C)c3c(n2)CN(c2ccn(C(C)(C)C#N)n2)C3=O)cc1OCC(F)F. The van der Waals surface area contributed by atoms with Crippen molar-refractivity contribution in [2.45, 2.75) is 39.3 Å². The van der Waals surface area contributed by atoms with E-state index in [9.17, 15) is 18.8 Å². The van der Waals surface area contributed by atoms with Crippen LogP contribution in [0.4, 0.5) is 14.6 Å². The zero-order valence-corrected chi connectivity index (χ0v) is 19.0. The number of aromatic nitrogens is 4. The fourth-order valence-corrected chi connectivity index (χ4v) is 3.64. The molecule has 3 aromatic rings. The van der Waals surface area contributed by atoms with Crippen LogP contribution in [-0.4, -0.2) is 45.8 Å². The molecule has 34 heavy (non-hydrogen) atoms. The lowest BCUT2D eigenvalue weighted by molar-refractivity contribution is 0.0801. The molecule has 1 amide bonds. The molecule has 0 radical (unpaired) electrons. The molecular weight excluding hydrogens is 446 g/mol. The topological polar surface area (TPSA) is 106 Å². The molecule has 3 aromatic heterocycles. The number of carbonyl (C=O) groups excluding carboxylic acids is 1. The molecule has 0 atom stereocenters. The van der Waals surface area contributed by atoms with Crippen molar-refractivity contribution in [3.63, 3.8) is 0 Å². The highest BCUT2D eigenvalue weighted by molar-refractivity contribution is 6.10. The Hall–Kier alpha value is -4.07. The number of hydrogen-bond donors (Lipinski definition) is 0. The summed E-state index contributed by atoms with van der Waals surface area (Å²) in [4.78, 5) is 23.4. The van der Waals surface area contributed by atoms with Gasteiger partial charge in [0.25, 0.3) is 18.2 Å². The van der Waals surface area contributed by atoms with Crippen LogP contribution < -0.4 is 14.4 Å². The van der Waals surface area contributed by atoms with Gasteiger partial charge in [-0.2, -0.15) is 10.4 Å². The molecule has 0 spiro atoms. The van der Waals surface area contributed by atoms with Crippen LogP contribution in [0.1, 0.15) is 35.5 Å². The number of pyridine rings is 2. The van der Waals surface area contributed by atoms with Gasteiger partial charge < -0.3 is 9.47 Å². The number of alkyl halides is 2. The Morgan fingerprint density at radius 2 is 2.09 bits per heavy atom. The largest absolute Gasteiger partial charge is 0.482 e. The first-order chi connectivity index (χ1) is 16.1. The summed E-state index contributed by atoms with van der Waals surface area (Å²) in [6.45, 7) is 4.66. The van der Waals surface area contributed by atoms with Crippen LogP contribution in [0.2, 0.25) is 0 Å². The van der Waals surface area contributed by atoms with E-state index in [1.807, 2.05) is 0 Å². The van der Waals surface area contributed by atoms with Crippen molar-refractivity contribution in [1.29, 1.82) is 5.26 Å². The van der Waals surface area contributed by atoms with Gasteiger partial charge in [0, 0.05) is 24.0 Å². The number of aryl methyl sites for hydroxylation is 1. The van der Waals surface area contributed by atoms with Gasteiger partial charge in [-0.25, -0.2) is 13.8 Å². The Labute approximate surface area is 194 Å². The number of anilines is 1. The Balaban J connectivity index is 1.66. The smallest absolute Gasteiger partial charge is 0.272 e. The molecule has 1 aliphatic heterocycles. The van der Waals surface area contributed by atoms with Crippen LogP contribution in [0, 0.1) is 18.3 Å². The molecule has 0 bridgehead atoms. The molecule has 11 heteroatoms. The number of halogens is 2. The first kappa shape index (κ1) is 23.1. The van der Waals surface area contributed by atoms with E-state index in [0.717, 1.165) is 0 Å². The van der Waals surface area contributed by atoms with Crippen molar-refractivity contribution < 1.29 is 23.0 Å². The van der Waals surface area contributed by atoms with Gasteiger partial charge in [-0.1, -0.05) is 0 Å². The average Bonchev–Trinajstić information content (AvgIpc) is 3.43. The minimum Gasteiger partial charge on any atom is -0.482 e. The van der Waals surface area contributed by atoms with Gasteiger partial charge in [0.15, 0.2) is 11.6 Å². The highest BCUT2D eigenvalue weighted by Gasteiger charge is 2.34. The summed E-state index contributed by atoms with van der Waals surface area (Å²) in [6, 6.07) is 7.11. The third kappa shape index (κ3) is 4.14. The van der Waals surface area contributed by atoms with Gasteiger partial charge in [0.2, 0.25) is 0 Å². The Bertz CT molecular complexity index is 1300. The molecule has 0 aliphatic carbocycles. The quantitative estimate of drug-likeness (QED) is 0.520. The first-order valence-electron chi connectivity index (χ1n) is 10.4. The maximum atomic E-state index is 13.1. The number of nitrogens with zero attached hydrogens (tertiary/aromatic N) is 6. The molecule has 9 nitrogen and oxygen atoms in total. The maximum Gasteiger partial charge on any atom is 0.272 e. The van der Waals surface area contributed by atoms with Gasteiger partial charge in [-0.05, 0) is 38.5 Å². The second-order valence-corrected chi connectivity index (χ2v) is 8.26. The summed E-state index contributed by atoms with van der Waals surface area (Å²) < 4.78 is 37.0. The lowest BCUT2D eigenvalue weighted by Crippen LogP contribution is -2.27. The molecular formula is C23H22F2N6O3. The summed E-state index contributed by atoms with van der Waals surface area (Å²) in [5.74, 6) is 0.338. The van der Waals surface area contributed by atoms with Gasteiger partial charge in [-0.3, -0.25) is 19.4 Å². The van der Waals surface area contributed by atoms with Crippen molar-refractivity contribution in [3.8, 4) is 29.0 Å². The second kappa shape index (κ2) is 8.70. The Morgan fingerprint density at radius 3 is 2.76 bits per heavy atom. The average molecular weight is 468 g/mol. The molecule has 4 heterocycles. The summed E-state index contributed by atoms with van der Waals surface area (Å²) in [5.41, 5.74) is 1.92. The third-order valence-electron chi connectivity index (χ3n) is 5.43. The van der Waals surface area contributed by atoms with Crippen LogP contribution in [0.5, 0.6) is 11.6 Å². The second-order valence-electron chi connectivity index (χ2n) is 8.26. The van der Waals surface area contributed by atoms with Gasteiger partial charge in [0.05, 0.1) is 36.7 Å². The van der Waals surface area contributed by atoms with E-state index in [1.165, 1.54) is 29.0 Å². The predicted molar refractivity (Wildman–Crippen MR) is 118 cm³/mol. The standard InChI is InChI=1S/C23H22F2N6O3/c1-13-7-15(14-8-17(34-11-18(24)25)21(33-4)27-9-14)28-16-10-30(22(32)20(13)16)19-5-6-31(29-19)23(2,3)12-26/h5-9,18H,10-11H2,1-4H3. The van der Waals surface area contributed by atoms with Gasteiger partial charge >= 0.3 is 0 Å². The molecule has 176 valence electrons. The van der Waals surface area contributed by atoms with E-state index in [-0.39, 0.29) is 24.1 Å². The molecule has 0 aromatic carbocycles. The molecule has 0 N–H and O–H groups in total. The fraction of sp³-hybridized carbons (Fsp3) is 0.348. The van der Waals surface area contributed by atoms with Crippen molar-refractivity contribution in [2.75, 3.05) is 18.6 Å². The molecule has 0 saturated heterocycles. The number of carbonyl (C=O) groups is 1. The van der Waals surface area contributed by atoms with E-state index in [2.05, 4.69) is 21.1 Å². The van der Waals surface area contributed by atoms with Crippen molar-refractivity contribution >= 4 is 11.7 Å². The maximum absolute atomic E-state index is 13.1. The van der Waals surface area contributed by atoms with Gasteiger partial charge in [0.1, 0.15) is 12.1 Å². The zero-order chi connectivity index (χ0) is 24.6. The highest BCUT2D eigenvalue weighted by atomic mass is 19.3. The van der Waals surface area contributed by atoms with E-state index in [4.69, 9.17) is 9.47 Å². The highest BCUT2D eigenvalue weighted by Crippen LogP contribution is 2.34. The predicted octanol–water partition coefficient (Wildman–Crippen LogP) is 3.72. The van der Waals surface area contributed by atoms with Crippen molar-refractivity contribution in [3.05, 3.63) is 47.4 Å². The van der Waals surface area contributed by atoms with Crippen LogP contribution in [-0.2, 0) is 12.1 Å². The molecule has 0 unspecified atom stereocenters. The van der Waals surface area contributed by atoms with E-state index in [1.54, 1.807) is 39.1 Å². The van der Waals surface area contributed by atoms with E-state index >= 15 is 0 Å². The Kier molecular flexibility index (Phi) is 5.91. The number of hydrogen-bond acceptors (Lipinski definition) is 7. The van der Waals surface area contributed by atoms with Crippen molar-refractivity contribution in [1.82, 2.24) is 19.7 Å². The van der Waals surface area contributed by atoms with Crippen molar-refractivity contribution in [2.24, 2.45) is 0 Å². The summed E-state index contributed by atoms with van der Waals surface area (Å²) in [5, 5.41) is 13.8. The van der Waals surface area contributed by atoms with Crippen LogP contribution in [0.3, 0.4) is 0 Å². The molecule has 0 fully saturated rings. The minimum atomic E-state index is -2.65. The number of ether oxygens (including phenoxy) is 2. The number of fused-ring (bicyclic) bond motifs is 1. The number of amides is 1. The summed E-state index contributed by atoms with van der Waals surface area (Å²) >= 11 is 0. The number of methoxy groups -OCH3 is 1. The van der Waals surface area contributed by atoms with Crippen LogP contribution in [0.15, 0.2) is 30.6 Å². The number of nitriles is 1.